The highest BCUT2D eigenvalue weighted by atomic mass is 32.2. The van der Waals surface area contributed by atoms with Gasteiger partial charge in [0.1, 0.15) is 0 Å². The molecule has 0 bridgehead atoms. The maximum Gasteiger partial charge on any atom is 0.269 e. The maximum atomic E-state index is 12.4. The number of unbranched alkanes of at least 4 members (excludes halogenated alkanes) is 1. The van der Waals surface area contributed by atoms with Crippen LogP contribution in [-0.2, 0) is 14.8 Å². The summed E-state index contributed by atoms with van der Waals surface area (Å²) in [7, 11) is -3.73. The minimum absolute atomic E-state index is 0.000415. The fourth-order valence-electron chi connectivity index (χ4n) is 2.77. The zero-order chi connectivity index (χ0) is 18.4. The molecule has 0 atom stereocenters. The minimum atomic E-state index is -3.73. The Morgan fingerprint density at radius 1 is 1.28 bits per heavy atom. The van der Waals surface area contributed by atoms with Crippen LogP contribution in [0, 0.1) is 10.1 Å². The van der Waals surface area contributed by atoms with E-state index in [1.807, 2.05) is 6.92 Å². The number of likely N-dealkylation sites (tertiary alicyclic amines) is 1. The molecule has 0 aromatic heterocycles. The van der Waals surface area contributed by atoms with Gasteiger partial charge in [-0.15, -0.1) is 0 Å². The van der Waals surface area contributed by atoms with Gasteiger partial charge in [0.2, 0.25) is 15.9 Å². The molecule has 8 nitrogen and oxygen atoms in total. The quantitative estimate of drug-likeness (QED) is 0.584. The van der Waals surface area contributed by atoms with Crippen molar-refractivity contribution in [2.75, 3.05) is 13.1 Å². The number of carbonyl (C=O) groups is 1. The molecule has 1 aliphatic rings. The van der Waals surface area contributed by atoms with Crippen LogP contribution in [0.5, 0.6) is 0 Å². The Labute approximate surface area is 147 Å². The Morgan fingerprint density at radius 3 is 2.40 bits per heavy atom. The Morgan fingerprint density at radius 2 is 1.88 bits per heavy atom. The van der Waals surface area contributed by atoms with Crippen molar-refractivity contribution < 1.29 is 18.1 Å². The molecule has 1 aromatic carbocycles. The van der Waals surface area contributed by atoms with E-state index in [-0.39, 0.29) is 22.5 Å². The second kappa shape index (κ2) is 8.39. The van der Waals surface area contributed by atoms with E-state index < -0.39 is 14.9 Å². The molecule has 1 saturated heterocycles. The zero-order valence-corrected chi connectivity index (χ0v) is 15.0. The molecule has 1 fully saturated rings. The minimum Gasteiger partial charge on any atom is -0.343 e. The van der Waals surface area contributed by atoms with Crippen LogP contribution in [0.3, 0.4) is 0 Å². The van der Waals surface area contributed by atoms with Crippen LogP contribution in [0.2, 0.25) is 0 Å². The molecular weight excluding hydrogens is 346 g/mol. The maximum absolute atomic E-state index is 12.4. The summed E-state index contributed by atoms with van der Waals surface area (Å²) < 4.78 is 27.4. The van der Waals surface area contributed by atoms with Crippen LogP contribution < -0.4 is 4.72 Å². The van der Waals surface area contributed by atoms with Gasteiger partial charge in [0.25, 0.3) is 5.69 Å². The van der Waals surface area contributed by atoms with Gasteiger partial charge in [-0.25, -0.2) is 13.1 Å². The smallest absolute Gasteiger partial charge is 0.269 e. The number of carbonyl (C=O) groups excluding carboxylic acids is 1. The van der Waals surface area contributed by atoms with Gasteiger partial charge in [0.15, 0.2) is 0 Å². The van der Waals surface area contributed by atoms with Crippen molar-refractivity contribution in [3.63, 3.8) is 0 Å². The molecule has 0 aliphatic carbocycles. The number of nitro groups is 1. The van der Waals surface area contributed by atoms with Crippen LogP contribution in [0.25, 0.3) is 0 Å². The lowest BCUT2D eigenvalue weighted by molar-refractivity contribution is -0.384. The highest BCUT2D eigenvalue weighted by Crippen LogP contribution is 2.18. The average molecular weight is 369 g/mol. The van der Waals surface area contributed by atoms with Crippen LogP contribution in [0.1, 0.15) is 39.0 Å². The first-order valence-corrected chi connectivity index (χ1v) is 9.86. The first-order chi connectivity index (χ1) is 11.8. The van der Waals surface area contributed by atoms with E-state index in [0.29, 0.717) is 32.4 Å². The Kier molecular flexibility index (Phi) is 6.49. The summed E-state index contributed by atoms with van der Waals surface area (Å²) >= 11 is 0. The van der Waals surface area contributed by atoms with Crippen LogP contribution in [-0.4, -0.2) is 43.3 Å². The molecule has 0 unspecified atom stereocenters. The standard InChI is InChI=1S/C16H23N3O5S/c1-2-3-4-16(20)18-11-9-13(10-12-18)17-25(23,24)15-7-5-14(6-8-15)19(21)22/h5-8,13,17H,2-4,9-12H2,1H3. The summed E-state index contributed by atoms with van der Waals surface area (Å²) in [6.07, 6.45) is 3.49. The lowest BCUT2D eigenvalue weighted by Gasteiger charge is -2.32. The number of nitrogens with one attached hydrogen (secondary N) is 1. The van der Waals surface area contributed by atoms with Crippen LogP contribution >= 0.6 is 0 Å². The largest absolute Gasteiger partial charge is 0.343 e. The molecular formula is C16H23N3O5S. The lowest BCUT2D eigenvalue weighted by Crippen LogP contribution is -2.46. The molecule has 138 valence electrons. The van der Waals surface area contributed by atoms with E-state index >= 15 is 0 Å². The fraction of sp³-hybridized carbons (Fsp3) is 0.562. The second-order valence-corrected chi connectivity index (χ2v) is 7.84. The number of nitrogens with zero attached hydrogens (tertiary/aromatic N) is 2. The number of benzene rings is 1. The Hall–Kier alpha value is -2.00. The van der Waals surface area contributed by atoms with Gasteiger partial charge >= 0.3 is 0 Å². The van der Waals surface area contributed by atoms with Crippen molar-refractivity contribution in [3.05, 3.63) is 34.4 Å². The molecule has 0 saturated carbocycles. The number of piperidine rings is 1. The normalized spacial score (nSPS) is 16.0. The first kappa shape index (κ1) is 19.3. The number of hydrogen-bond donors (Lipinski definition) is 1. The van der Waals surface area contributed by atoms with Crippen molar-refractivity contribution in [3.8, 4) is 0 Å². The number of hydrogen-bond acceptors (Lipinski definition) is 5. The third-order valence-corrected chi connectivity index (χ3v) is 5.81. The first-order valence-electron chi connectivity index (χ1n) is 8.38. The molecule has 1 amide bonds. The molecule has 1 aromatic rings. The van der Waals surface area contributed by atoms with Crippen molar-refractivity contribution in [1.29, 1.82) is 0 Å². The summed E-state index contributed by atoms with van der Waals surface area (Å²) in [6.45, 7) is 3.11. The number of amides is 1. The monoisotopic (exact) mass is 369 g/mol. The zero-order valence-electron chi connectivity index (χ0n) is 14.2. The number of nitro benzene ring substituents is 1. The third-order valence-electron chi connectivity index (χ3n) is 4.27. The van der Waals surface area contributed by atoms with E-state index in [0.717, 1.165) is 12.8 Å². The molecule has 1 aliphatic heterocycles. The van der Waals surface area contributed by atoms with Gasteiger partial charge in [-0.3, -0.25) is 14.9 Å². The SMILES string of the molecule is CCCCC(=O)N1CCC(NS(=O)(=O)c2ccc([N+](=O)[O-])cc2)CC1. The van der Waals surface area contributed by atoms with E-state index in [1.54, 1.807) is 4.90 Å². The van der Waals surface area contributed by atoms with Gasteiger partial charge in [-0.05, 0) is 31.4 Å². The van der Waals surface area contributed by atoms with Gasteiger partial charge in [-0.1, -0.05) is 13.3 Å². The summed E-state index contributed by atoms with van der Waals surface area (Å²) in [6, 6.07) is 4.55. The summed E-state index contributed by atoms with van der Waals surface area (Å²) in [5.41, 5.74) is -0.155. The van der Waals surface area contributed by atoms with Gasteiger partial charge in [0.05, 0.1) is 9.82 Å². The molecule has 1 heterocycles. The summed E-state index contributed by atoms with van der Waals surface area (Å²) in [5.74, 6) is 0.124. The number of sulfonamides is 1. The van der Waals surface area contributed by atoms with Crippen molar-refractivity contribution in [2.45, 2.75) is 50.0 Å². The molecule has 1 N–H and O–H groups in total. The summed E-state index contributed by atoms with van der Waals surface area (Å²) in [5, 5.41) is 10.6. The Balaban J connectivity index is 1.92. The highest BCUT2D eigenvalue weighted by Gasteiger charge is 2.26. The van der Waals surface area contributed by atoms with Gasteiger partial charge < -0.3 is 4.90 Å². The van der Waals surface area contributed by atoms with Gasteiger partial charge in [-0.2, -0.15) is 0 Å². The second-order valence-electron chi connectivity index (χ2n) is 6.13. The molecule has 0 radical (unpaired) electrons. The van der Waals surface area contributed by atoms with Crippen LogP contribution in [0.4, 0.5) is 5.69 Å². The van der Waals surface area contributed by atoms with E-state index in [2.05, 4.69) is 4.72 Å². The predicted octanol–water partition coefficient (Wildman–Crippen LogP) is 2.05. The highest BCUT2D eigenvalue weighted by molar-refractivity contribution is 7.89. The molecule has 2 rings (SSSR count). The topological polar surface area (TPSA) is 110 Å². The third kappa shape index (κ3) is 5.23. The average Bonchev–Trinajstić information content (AvgIpc) is 2.60. The van der Waals surface area contributed by atoms with E-state index in [4.69, 9.17) is 0 Å². The predicted molar refractivity (Wildman–Crippen MR) is 92.5 cm³/mol. The van der Waals surface area contributed by atoms with Gasteiger partial charge in [0, 0.05) is 37.7 Å². The van der Waals surface area contributed by atoms with Crippen LogP contribution in [0.15, 0.2) is 29.2 Å². The van der Waals surface area contributed by atoms with E-state index in [1.165, 1.54) is 24.3 Å². The van der Waals surface area contributed by atoms with Crippen molar-refractivity contribution >= 4 is 21.6 Å². The number of rotatable bonds is 7. The van der Waals surface area contributed by atoms with Crippen molar-refractivity contribution in [2.24, 2.45) is 0 Å². The fourth-order valence-corrected chi connectivity index (χ4v) is 4.07. The van der Waals surface area contributed by atoms with Crippen molar-refractivity contribution in [1.82, 2.24) is 9.62 Å². The molecule has 9 heteroatoms. The van der Waals surface area contributed by atoms with E-state index in [9.17, 15) is 23.3 Å². The number of non-ortho nitro benzene ring substituents is 1. The molecule has 0 spiro atoms. The molecule has 25 heavy (non-hydrogen) atoms. The Bertz CT molecular complexity index is 710. The lowest BCUT2D eigenvalue weighted by atomic mass is 10.1. The summed E-state index contributed by atoms with van der Waals surface area (Å²) in [4.78, 5) is 23.8.